The van der Waals surface area contributed by atoms with E-state index in [1.807, 2.05) is 68.4 Å². The Hall–Kier alpha value is -2.83. The first-order valence-corrected chi connectivity index (χ1v) is 12.1. The Morgan fingerprint density at radius 1 is 0.935 bits per heavy atom. The summed E-state index contributed by atoms with van der Waals surface area (Å²) in [6.45, 7) is 4.87. The van der Waals surface area contributed by atoms with Gasteiger partial charge in [-0.05, 0) is 72.0 Å². The van der Waals surface area contributed by atoms with Crippen molar-refractivity contribution in [3.05, 3.63) is 83.4 Å². The number of rotatable bonds is 9. The number of para-hydroxylation sites is 1. The highest BCUT2D eigenvalue weighted by molar-refractivity contribution is 7.92. The van der Waals surface area contributed by atoms with Gasteiger partial charge in [-0.25, -0.2) is 8.42 Å². The molecule has 0 aliphatic heterocycles. The van der Waals surface area contributed by atoms with Gasteiger partial charge in [0.25, 0.3) is 0 Å². The maximum Gasteiger partial charge on any atom is 0.232 e. The molecule has 0 saturated heterocycles. The number of ether oxygens (including phenoxy) is 1. The van der Waals surface area contributed by atoms with Crippen LogP contribution in [0.1, 0.15) is 23.1 Å². The molecule has 1 N–H and O–H groups in total. The van der Waals surface area contributed by atoms with Crippen molar-refractivity contribution in [2.24, 2.45) is 0 Å². The van der Waals surface area contributed by atoms with Gasteiger partial charge in [-0.2, -0.15) is 0 Å². The molecule has 0 bridgehead atoms. The van der Waals surface area contributed by atoms with E-state index in [-0.39, 0.29) is 6.61 Å². The largest absolute Gasteiger partial charge is 0.494 e. The highest BCUT2D eigenvalue weighted by Crippen LogP contribution is 2.31. The smallest absolute Gasteiger partial charge is 0.232 e. The maximum atomic E-state index is 12.2. The first-order valence-electron chi connectivity index (χ1n) is 10.3. The second-order valence-corrected chi connectivity index (χ2v) is 9.57. The monoisotopic (exact) mass is 439 g/mol. The third-order valence-electron chi connectivity index (χ3n) is 5.12. The molecule has 0 spiro atoms. The quantitative estimate of drug-likeness (QED) is 0.491. The number of benzene rings is 3. The fraction of sp³-hybridized carbons (Fsp3) is 0.280. The van der Waals surface area contributed by atoms with Crippen LogP contribution in [0, 0.1) is 13.8 Å². The molecule has 6 heteroatoms. The van der Waals surface area contributed by atoms with Gasteiger partial charge in [-0.1, -0.05) is 36.4 Å². The van der Waals surface area contributed by atoms with E-state index >= 15 is 0 Å². The van der Waals surface area contributed by atoms with Crippen molar-refractivity contribution in [2.45, 2.75) is 26.9 Å². The molecule has 0 unspecified atom stereocenters. The normalized spacial score (nSPS) is 11.4. The van der Waals surface area contributed by atoms with Crippen molar-refractivity contribution in [2.75, 3.05) is 23.7 Å². The van der Waals surface area contributed by atoms with E-state index in [1.165, 1.54) is 10.6 Å². The molecule has 164 valence electrons. The Balaban J connectivity index is 1.67. The van der Waals surface area contributed by atoms with Gasteiger partial charge in [0.05, 0.1) is 25.2 Å². The molecule has 0 heterocycles. The van der Waals surface area contributed by atoms with Crippen LogP contribution in [-0.4, -0.2) is 32.9 Å². The number of aryl methyl sites for hydroxylation is 2. The summed E-state index contributed by atoms with van der Waals surface area (Å²) in [6, 6.07) is 21.0. The minimum absolute atomic E-state index is 0.0145. The number of aliphatic hydroxyl groups is 1. The number of hydrogen-bond acceptors (Lipinski definition) is 4. The summed E-state index contributed by atoms with van der Waals surface area (Å²) in [5.74, 6) is 0.766. The van der Waals surface area contributed by atoms with Gasteiger partial charge in [-0.3, -0.25) is 4.31 Å². The summed E-state index contributed by atoms with van der Waals surface area (Å²) < 4.78 is 31.7. The average molecular weight is 440 g/mol. The molecule has 0 radical (unpaired) electrons. The second kappa shape index (κ2) is 9.98. The van der Waals surface area contributed by atoms with E-state index < -0.39 is 10.0 Å². The Labute approximate surface area is 185 Å². The lowest BCUT2D eigenvalue weighted by Crippen LogP contribution is -2.31. The van der Waals surface area contributed by atoms with Crippen LogP contribution in [0.4, 0.5) is 5.69 Å². The third kappa shape index (κ3) is 5.87. The van der Waals surface area contributed by atoms with Gasteiger partial charge < -0.3 is 9.84 Å². The Morgan fingerprint density at radius 2 is 1.61 bits per heavy atom. The van der Waals surface area contributed by atoms with E-state index in [0.717, 1.165) is 33.6 Å². The SMILES string of the molecule is Cc1cc(OCCCN(c2ccccc2)S(C)(=O)=O)cc(C)c1-c1cccc(CO)c1. The van der Waals surface area contributed by atoms with Crippen LogP contribution < -0.4 is 9.04 Å². The molecule has 3 aromatic rings. The number of sulfonamides is 1. The third-order valence-corrected chi connectivity index (χ3v) is 6.32. The van der Waals surface area contributed by atoms with Crippen molar-refractivity contribution in [3.8, 4) is 16.9 Å². The van der Waals surface area contributed by atoms with Crippen LogP contribution in [0.3, 0.4) is 0 Å². The topological polar surface area (TPSA) is 66.8 Å². The summed E-state index contributed by atoms with van der Waals surface area (Å²) in [7, 11) is -3.36. The molecular formula is C25H29NO4S. The first kappa shape index (κ1) is 22.8. The minimum atomic E-state index is -3.36. The van der Waals surface area contributed by atoms with Gasteiger partial charge in [-0.15, -0.1) is 0 Å². The van der Waals surface area contributed by atoms with Gasteiger partial charge >= 0.3 is 0 Å². The molecule has 3 aromatic carbocycles. The number of anilines is 1. The number of nitrogens with zero attached hydrogens (tertiary/aromatic N) is 1. The highest BCUT2D eigenvalue weighted by Gasteiger charge is 2.16. The van der Waals surface area contributed by atoms with Gasteiger partial charge in [0, 0.05) is 13.0 Å². The van der Waals surface area contributed by atoms with E-state index in [0.29, 0.717) is 25.3 Å². The predicted molar refractivity (Wildman–Crippen MR) is 126 cm³/mol. The summed E-state index contributed by atoms with van der Waals surface area (Å²) in [5.41, 5.74) is 5.92. The number of aliphatic hydroxyl groups excluding tert-OH is 1. The van der Waals surface area contributed by atoms with Crippen molar-refractivity contribution in [1.82, 2.24) is 0 Å². The Kier molecular flexibility index (Phi) is 7.36. The lowest BCUT2D eigenvalue weighted by molar-refractivity contribution is 0.282. The summed E-state index contributed by atoms with van der Waals surface area (Å²) in [4.78, 5) is 0. The molecule has 0 aliphatic rings. The fourth-order valence-electron chi connectivity index (χ4n) is 3.77. The molecule has 0 atom stereocenters. The molecule has 31 heavy (non-hydrogen) atoms. The zero-order valence-corrected chi connectivity index (χ0v) is 19.0. The van der Waals surface area contributed by atoms with Crippen LogP contribution in [0.15, 0.2) is 66.7 Å². The number of hydrogen-bond donors (Lipinski definition) is 1. The molecule has 5 nitrogen and oxygen atoms in total. The molecule has 0 fully saturated rings. The highest BCUT2D eigenvalue weighted by atomic mass is 32.2. The molecule has 0 amide bonds. The molecule has 0 aromatic heterocycles. The van der Waals surface area contributed by atoms with Crippen molar-refractivity contribution < 1.29 is 18.3 Å². The second-order valence-electron chi connectivity index (χ2n) is 7.66. The maximum absolute atomic E-state index is 12.2. The standard InChI is InChI=1S/C25H29NO4S/c1-19-15-24(16-20(2)25(19)22-10-7-9-21(17-22)18-27)30-14-8-13-26(31(3,28)29)23-11-5-4-6-12-23/h4-7,9-12,15-17,27H,8,13-14,18H2,1-3H3. The lowest BCUT2D eigenvalue weighted by Gasteiger charge is -2.22. The van der Waals surface area contributed by atoms with Crippen LogP contribution in [0.25, 0.3) is 11.1 Å². The van der Waals surface area contributed by atoms with E-state index in [4.69, 9.17) is 4.74 Å². The Bertz CT molecular complexity index is 1100. The summed E-state index contributed by atoms with van der Waals surface area (Å²) in [5, 5.41) is 9.41. The van der Waals surface area contributed by atoms with Crippen LogP contribution in [0.5, 0.6) is 5.75 Å². The summed E-state index contributed by atoms with van der Waals surface area (Å²) in [6.07, 6.45) is 1.79. The summed E-state index contributed by atoms with van der Waals surface area (Å²) >= 11 is 0. The van der Waals surface area contributed by atoms with Crippen molar-refractivity contribution >= 4 is 15.7 Å². The van der Waals surface area contributed by atoms with Gasteiger partial charge in [0.15, 0.2) is 0 Å². The fourth-order valence-corrected chi connectivity index (χ4v) is 4.73. The van der Waals surface area contributed by atoms with E-state index in [1.54, 1.807) is 12.1 Å². The Morgan fingerprint density at radius 3 is 2.23 bits per heavy atom. The average Bonchev–Trinajstić information content (AvgIpc) is 2.73. The lowest BCUT2D eigenvalue weighted by atomic mass is 9.94. The van der Waals surface area contributed by atoms with Gasteiger partial charge in [0.2, 0.25) is 10.0 Å². The zero-order chi connectivity index (χ0) is 22.4. The van der Waals surface area contributed by atoms with E-state index in [2.05, 4.69) is 0 Å². The van der Waals surface area contributed by atoms with Crippen LogP contribution >= 0.6 is 0 Å². The molecule has 0 saturated carbocycles. The van der Waals surface area contributed by atoms with Crippen molar-refractivity contribution in [3.63, 3.8) is 0 Å². The van der Waals surface area contributed by atoms with E-state index in [9.17, 15) is 13.5 Å². The first-order chi connectivity index (χ1) is 14.8. The molecular weight excluding hydrogens is 410 g/mol. The molecule has 3 rings (SSSR count). The predicted octanol–water partition coefficient (Wildman–Crippen LogP) is 4.70. The van der Waals surface area contributed by atoms with Crippen LogP contribution in [0.2, 0.25) is 0 Å². The van der Waals surface area contributed by atoms with Gasteiger partial charge in [0.1, 0.15) is 5.75 Å². The molecule has 0 aliphatic carbocycles. The minimum Gasteiger partial charge on any atom is -0.494 e. The zero-order valence-electron chi connectivity index (χ0n) is 18.2. The van der Waals surface area contributed by atoms with Crippen LogP contribution in [-0.2, 0) is 16.6 Å². The van der Waals surface area contributed by atoms with Crippen molar-refractivity contribution in [1.29, 1.82) is 0 Å².